The Labute approximate surface area is 63.2 Å². The summed E-state index contributed by atoms with van der Waals surface area (Å²) in [4.78, 5) is 0. The van der Waals surface area contributed by atoms with Crippen LogP contribution >= 0.6 is 0 Å². The van der Waals surface area contributed by atoms with Gasteiger partial charge >= 0.3 is 0 Å². The van der Waals surface area contributed by atoms with Crippen molar-refractivity contribution in [3.63, 3.8) is 0 Å². The lowest BCUT2D eigenvalue weighted by atomic mass is 9.87. The minimum atomic E-state index is 0.292. The molecule has 0 radical (unpaired) electrons. The van der Waals surface area contributed by atoms with Gasteiger partial charge in [0.05, 0.1) is 0 Å². The van der Waals surface area contributed by atoms with E-state index in [4.69, 9.17) is 0 Å². The zero-order valence-corrected chi connectivity index (χ0v) is 7.45. The van der Waals surface area contributed by atoms with Gasteiger partial charge in [0, 0.05) is 13.6 Å². The average molecular weight is 147 g/mol. The summed E-state index contributed by atoms with van der Waals surface area (Å²) in [6.07, 6.45) is 2.04. The van der Waals surface area contributed by atoms with Gasteiger partial charge in [-0.25, -0.2) is 0 Å². The Kier molecular flexibility index (Phi) is 3.87. The molecule has 0 amide bonds. The lowest BCUT2D eigenvalue weighted by molar-refractivity contribution is 0.0450. The summed E-state index contributed by atoms with van der Waals surface area (Å²) in [5.41, 5.74) is 0.292. The first-order valence-corrected chi connectivity index (χ1v) is 3.85. The second-order valence-electron chi connectivity index (χ2n) is 3.60. The van der Waals surface area contributed by atoms with E-state index >= 15 is 0 Å². The molecule has 0 spiro atoms. The molecule has 0 aliphatic rings. The number of halogens is 1. The van der Waals surface area contributed by atoms with E-state index in [-0.39, 0.29) is 0 Å². The smallest absolute Gasteiger partial charge is 0.0292 e. The molecule has 62 valence electrons. The topological polar surface area (TPSA) is 3.24 Å². The molecule has 0 aromatic rings. The van der Waals surface area contributed by atoms with Crippen LogP contribution in [0.4, 0.5) is 4.48 Å². The van der Waals surface area contributed by atoms with Gasteiger partial charge in [-0.1, -0.05) is 27.2 Å². The summed E-state index contributed by atoms with van der Waals surface area (Å²) in [6.45, 7) is 7.01. The van der Waals surface area contributed by atoms with Gasteiger partial charge < -0.3 is 0 Å². The third-order valence-electron chi connectivity index (χ3n) is 2.05. The molecule has 2 heteroatoms. The van der Waals surface area contributed by atoms with Crippen LogP contribution in [0.5, 0.6) is 0 Å². The van der Waals surface area contributed by atoms with Crippen molar-refractivity contribution in [2.75, 3.05) is 13.6 Å². The lowest BCUT2D eigenvalue weighted by Gasteiger charge is -2.22. The van der Waals surface area contributed by atoms with E-state index < -0.39 is 0 Å². The van der Waals surface area contributed by atoms with Gasteiger partial charge in [-0.3, -0.25) is 0 Å². The SMILES string of the molecule is CCC(C)(C)CCN(C)F. The molecule has 0 N–H and O–H groups in total. The Hall–Kier alpha value is -0.110. The third kappa shape index (κ3) is 4.74. The molecule has 0 bridgehead atoms. The second kappa shape index (κ2) is 3.91. The first-order valence-electron chi connectivity index (χ1n) is 3.85. The van der Waals surface area contributed by atoms with Crippen LogP contribution in [0.1, 0.15) is 33.6 Å². The Morgan fingerprint density at radius 3 is 2.20 bits per heavy atom. The van der Waals surface area contributed by atoms with E-state index in [1.54, 1.807) is 0 Å². The Bertz CT molecular complexity index is 89.3. The van der Waals surface area contributed by atoms with Gasteiger partial charge in [0.15, 0.2) is 0 Å². The van der Waals surface area contributed by atoms with Crippen molar-refractivity contribution < 1.29 is 4.48 Å². The minimum absolute atomic E-state index is 0.292. The third-order valence-corrected chi connectivity index (χ3v) is 2.05. The monoisotopic (exact) mass is 147 g/mol. The normalized spacial score (nSPS) is 12.6. The van der Waals surface area contributed by atoms with E-state index in [9.17, 15) is 4.48 Å². The van der Waals surface area contributed by atoms with Crippen molar-refractivity contribution in [1.29, 1.82) is 0 Å². The summed E-state index contributed by atoms with van der Waals surface area (Å²) in [5, 5.41) is 0.747. The highest BCUT2D eigenvalue weighted by Gasteiger charge is 2.14. The number of nitrogens with zero attached hydrogens (tertiary/aromatic N) is 1. The average Bonchev–Trinajstić information content (AvgIpc) is 1.85. The van der Waals surface area contributed by atoms with E-state index in [0.717, 1.165) is 18.0 Å². The zero-order chi connectivity index (χ0) is 8.20. The maximum Gasteiger partial charge on any atom is 0.0292 e. The van der Waals surface area contributed by atoms with Crippen molar-refractivity contribution in [3.05, 3.63) is 0 Å². The molecule has 0 aliphatic heterocycles. The quantitative estimate of drug-likeness (QED) is 0.552. The van der Waals surface area contributed by atoms with Gasteiger partial charge in [-0.05, 0) is 11.8 Å². The Morgan fingerprint density at radius 1 is 1.40 bits per heavy atom. The summed E-state index contributed by atoms with van der Waals surface area (Å²) < 4.78 is 12.2. The molecular weight excluding hydrogens is 129 g/mol. The predicted molar refractivity (Wildman–Crippen MR) is 42.4 cm³/mol. The fourth-order valence-electron chi connectivity index (χ4n) is 0.634. The fraction of sp³-hybridized carbons (Fsp3) is 1.00. The van der Waals surface area contributed by atoms with E-state index in [2.05, 4.69) is 20.8 Å². The molecule has 0 aromatic heterocycles. The summed E-state index contributed by atoms with van der Waals surface area (Å²) >= 11 is 0. The summed E-state index contributed by atoms with van der Waals surface area (Å²) in [6, 6.07) is 0. The maximum absolute atomic E-state index is 12.2. The van der Waals surface area contributed by atoms with Crippen LogP contribution in [0.25, 0.3) is 0 Å². The lowest BCUT2D eigenvalue weighted by Crippen LogP contribution is -2.18. The molecule has 0 rings (SSSR count). The molecule has 0 fully saturated rings. The number of rotatable bonds is 4. The molecule has 0 unspecified atom stereocenters. The molecule has 10 heavy (non-hydrogen) atoms. The second-order valence-corrected chi connectivity index (χ2v) is 3.60. The molecular formula is C8H18FN. The fourth-order valence-corrected chi connectivity index (χ4v) is 0.634. The minimum Gasteiger partial charge on any atom is -0.149 e. The van der Waals surface area contributed by atoms with Gasteiger partial charge in [0.25, 0.3) is 0 Å². The van der Waals surface area contributed by atoms with E-state index in [1.807, 2.05) is 0 Å². The molecule has 0 saturated carbocycles. The summed E-state index contributed by atoms with van der Waals surface area (Å²) in [5.74, 6) is 0. The standard InChI is InChI=1S/C8H18FN/c1-5-8(2,3)6-7-10(4)9/h5-7H2,1-4H3. The highest BCUT2D eigenvalue weighted by atomic mass is 19.2. The molecule has 1 nitrogen and oxygen atoms in total. The van der Waals surface area contributed by atoms with Crippen molar-refractivity contribution in [2.45, 2.75) is 33.6 Å². The van der Waals surface area contributed by atoms with Crippen LogP contribution in [0.2, 0.25) is 0 Å². The maximum atomic E-state index is 12.2. The molecule has 0 atom stereocenters. The van der Waals surface area contributed by atoms with Crippen molar-refractivity contribution in [3.8, 4) is 0 Å². The van der Waals surface area contributed by atoms with Gasteiger partial charge in [-0.2, -0.15) is 0 Å². The van der Waals surface area contributed by atoms with Crippen LogP contribution in [0, 0.1) is 5.41 Å². The summed E-state index contributed by atoms with van der Waals surface area (Å²) in [7, 11) is 1.46. The van der Waals surface area contributed by atoms with Crippen molar-refractivity contribution in [2.24, 2.45) is 5.41 Å². The zero-order valence-electron chi connectivity index (χ0n) is 7.45. The molecule has 0 aromatic carbocycles. The van der Waals surface area contributed by atoms with Crippen LogP contribution in [0.15, 0.2) is 0 Å². The Balaban J connectivity index is 3.46. The largest absolute Gasteiger partial charge is 0.149 e. The predicted octanol–water partition coefficient (Wildman–Crippen LogP) is 2.63. The molecule has 0 heterocycles. The van der Waals surface area contributed by atoms with Crippen molar-refractivity contribution >= 4 is 0 Å². The highest BCUT2D eigenvalue weighted by molar-refractivity contribution is 4.66. The van der Waals surface area contributed by atoms with Crippen LogP contribution < -0.4 is 0 Å². The van der Waals surface area contributed by atoms with Gasteiger partial charge in [0.2, 0.25) is 0 Å². The molecule has 0 saturated heterocycles. The van der Waals surface area contributed by atoms with Crippen LogP contribution in [0.3, 0.4) is 0 Å². The van der Waals surface area contributed by atoms with E-state index in [1.165, 1.54) is 7.05 Å². The molecule has 0 aliphatic carbocycles. The van der Waals surface area contributed by atoms with Crippen LogP contribution in [-0.4, -0.2) is 18.7 Å². The number of hydrogen-bond acceptors (Lipinski definition) is 1. The first-order chi connectivity index (χ1) is 4.48. The number of hydrogen-bond donors (Lipinski definition) is 0. The van der Waals surface area contributed by atoms with Crippen LogP contribution in [-0.2, 0) is 0 Å². The van der Waals surface area contributed by atoms with E-state index in [0.29, 0.717) is 12.0 Å². The highest BCUT2D eigenvalue weighted by Crippen LogP contribution is 2.24. The van der Waals surface area contributed by atoms with Crippen molar-refractivity contribution in [1.82, 2.24) is 5.12 Å². The van der Waals surface area contributed by atoms with Gasteiger partial charge in [0.1, 0.15) is 0 Å². The van der Waals surface area contributed by atoms with Gasteiger partial charge in [-0.15, -0.1) is 9.60 Å². The first kappa shape index (κ1) is 9.89. The Morgan fingerprint density at radius 2 is 1.90 bits per heavy atom.